The van der Waals surface area contributed by atoms with Crippen molar-refractivity contribution in [3.63, 3.8) is 0 Å². The van der Waals surface area contributed by atoms with Crippen LogP contribution in [0.25, 0.3) is 16.9 Å². The van der Waals surface area contributed by atoms with E-state index in [1.54, 1.807) is 49.1 Å². The van der Waals surface area contributed by atoms with E-state index in [2.05, 4.69) is 15.4 Å². The number of halogens is 3. The fourth-order valence-corrected chi connectivity index (χ4v) is 5.90. The quantitative estimate of drug-likeness (QED) is 0.273. The van der Waals surface area contributed by atoms with E-state index >= 15 is 0 Å². The number of nitrogens with one attached hydrogen (secondary N) is 1. The van der Waals surface area contributed by atoms with Gasteiger partial charge in [-0.1, -0.05) is 32.0 Å². The number of aliphatic hydroxyl groups excluding tert-OH is 1. The smallest absolute Gasteiger partial charge is 0.433 e. The van der Waals surface area contributed by atoms with Crippen molar-refractivity contribution in [2.45, 2.75) is 46.0 Å². The third kappa shape index (κ3) is 6.29. The Hall–Kier alpha value is -4.49. The van der Waals surface area contributed by atoms with Gasteiger partial charge in [0.15, 0.2) is 11.3 Å². The summed E-state index contributed by atoms with van der Waals surface area (Å²) in [7, 11) is 1.49. The summed E-state index contributed by atoms with van der Waals surface area (Å²) in [5.74, 6) is -0.321. The molecule has 2 aromatic heterocycles. The van der Waals surface area contributed by atoms with Gasteiger partial charge in [0.1, 0.15) is 11.3 Å². The second kappa shape index (κ2) is 13.1. The average Bonchev–Trinajstić information content (AvgIpc) is 3.44. The Balaban J connectivity index is 1.45. The highest BCUT2D eigenvalue weighted by atomic mass is 19.4. The molecule has 46 heavy (non-hydrogen) atoms. The first-order valence-electron chi connectivity index (χ1n) is 15.0. The van der Waals surface area contributed by atoms with Crippen LogP contribution in [0.1, 0.15) is 54.0 Å². The highest BCUT2D eigenvalue weighted by molar-refractivity contribution is 6.00. The predicted octanol–water partition coefficient (Wildman–Crippen LogP) is 5.21. The maximum atomic E-state index is 14.4. The lowest BCUT2D eigenvalue weighted by Gasteiger charge is -2.43. The fourth-order valence-electron chi connectivity index (χ4n) is 5.90. The second-order valence-corrected chi connectivity index (χ2v) is 11.7. The molecule has 1 aliphatic heterocycles. The summed E-state index contributed by atoms with van der Waals surface area (Å²) in [6.45, 7) is 7.55. The van der Waals surface area contributed by atoms with Gasteiger partial charge in [0.25, 0.3) is 5.91 Å². The maximum absolute atomic E-state index is 14.4. The molecule has 1 aliphatic rings. The van der Waals surface area contributed by atoms with E-state index in [9.17, 15) is 27.9 Å². The molecule has 5 rings (SSSR count). The summed E-state index contributed by atoms with van der Waals surface area (Å²) in [5.41, 5.74) is 0.527. The number of carbonyl (C=O) groups is 2. The van der Waals surface area contributed by atoms with Gasteiger partial charge >= 0.3 is 6.18 Å². The molecule has 0 radical (unpaired) electrons. The number of piperazine rings is 1. The highest BCUT2D eigenvalue weighted by Crippen LogP contribution is 2.37. The topological polar surface area (TPSA) is 112 Å². The zero-order chi connectivity index (χ0) is 33.3. The normalized spacial score (nSPS) is 16.6. The van der Waals surface area contributed by atoms with Crippen molar-refractivity contribution in [1.29, 1.82) is 0 Å². The van der Waals surface area contributed by atoms with Crippen LogP contribution < -0.4 is 10.1 Å². The number of benzene rings is 2. The number of amides is 2. The molecule has 244 valence electrons. The van der Waals surface area contributed by atoms with Gasteiger partial charge in [-0.05, 0) is 49.7 Å². The van der Waals surface area contributed by atoms with E-state index < -0.39 is 23.8 Å². The highest BCUT2D eigenvalue weighted by Gasteiger charge is 2.40. The predicted molar refractivity (Wildman–Crippen MR) is 167 cm³/mol. The van der Waals surface area contributed by atoms with E-state index in [1.807, 2.05) is 30.0 Å². The molecular formula is C33H37F3N6O4. The van der Waals surface area contributed by atoms with E-state index in [-0.39, 0.29) is 53.5 Å². The number of anilines is 1. The van der Waals surface area contributed by atoms with E-state index in [4.69, 9.17) is 4.74 Å². The molecule has 1 saturated heterocycles. The summed E-state index contributed by atoms with van der Waals surface area (Å²) >= 11 is 0. The van der Waals surface area contributed by atoms with Crippen molar-refractivity contribution in [2.75, 3.05) is 38.7 Å². The van der Waals surface area contributed by atoms with Crippen LogP contribution in [0.15, 0.2) is 54.7 Å². The largest absolute Gasteiger partial charge is 0.497 e. The first kappa shape index (κ1) is 32.9. The van der Waals surface area contributed by atoms with E-state index in [1.165, 1.54) is 14.0 Å². The van der Waals surface area contributed by atoms with Gasteiger partial charge < -0.3 is 20.1 Å². The minimum Gasteiger partial charge on any atom is -0.497 e. The van der Waals surface area contributed by atoms with Crippen molar-refractivity contribution in [2.24, 2.45) is 5.92 Å². The van der Waals surface area contributed by atoms with Gasteiger partial charge in [0.2, 0.25) is 5.91 Å². The zero-order valence-corrected chi connectivity index (χ0v) is 26.3. The van der Waals surface area contributed by atoms with Crippen LogP contribution in [0.4, 0.5) is 18.9 Å². The minimum absolute atomic E-state index is 0.0407. The molecule has 0 spiro atoms. The number of aliphatic hydroxyl groups is 1. The molecule has 0 saturated carbocycles. The summed E-state index contributed by atoms with van der Waals surface area (Å²) in [6, 6.07) is 13.0. The Labute approximate surface area is 264 Å². The number of para-hydroxylation sites is 1. The lowest BCUT2D eigenvalue weighted by Crippen LogP contribution is -2.55. The Morgan fingerprint density at radius 3 is 2.41 bits per heavy atom. The summed E-state index contributed by atoms with van der Waals surface area (Å²) in [6.07, 6.45) is -3.62. The first-order chi connectivity index (χ1) is 21.8. The molecule has 1 unspecified atom stereocenters. The third-order valence-electron chi connectivity index (χ3n) is 8.38. The zero-order valence-electron chi connectivity index (χ0n) is 26.3. The second-order valence-electron chi connectivity index (χ2n) is 11.7. The summed E-state index contributed by atoms with van der Waals surface area (Å²) in [4.78, 5) is 34.6. The van der Waals surface area contributed by atoms with Crippen molar-refractivity contribution in [3.05, 3.63) is 77.1 Å². The summed E-state index contributed by atoms with van der Waals surface area (Å²) < 4.78 is 49.1. The molecule has 2 amide bonds. The standard InChI is InChI=1S/C33H37F3N6O4/c1-19(2)31(44)38-26-9-7-6-8-24(26)27(18-43)40-14-15-41(20(3)17-40)32(45)25-16-37-42-29(33(34,35)36)21(4)28(39-30(25)42)22-10-12-23(46-5)13-11-22/h6-13,16,19-20,27,43H,14-15,17-18H2,1-5H3,(H,38,44)/t20-,27?/m1/s1. The molecule has 0 bridgehead atoms. The van der Waals surface area contributed by atoms with Gasteiger partial charge in [-0.25, -0.2) is 9.50 Å². The molecule has 3 heterocycles. The number of hydrogen-bond acceptors (Lipinski definition) is 7. The molecule has 2 N–H and O–H groups in total. The molecule has 0 aliphatic carbocycles. The van der Waals surface area contributed by atoms with Crippen LogP contribution in [0.5, 0.6) is 5.75 Å². The SMILES string of the molecule is COc1ccc(-c2nc3c(C(=O)N4CCN(C(CO)c5ccccc5NC(=O)C(C)C)C[C@H]4C)cnn3c(C(F)(F)F)c2C)cc1. The lowest BCUT2D eigenvalue weighted by atomic mass is 10.0. The number of methoxy groups -OCH3 is 1. The molecule has 4 aromatic rings. The summed E-state index contributed by atoms with van der Waals surface area (Å²) in [5, 5.41) is 17.4. The average molecular weight is 639 g/mol. The van der Waals surface area contributed by atoms with E-state index in [0.29, 0.717) is 34.6 Å². The number of carbonyl (C=O) groups excluding carboxylic acids is 2. The maximum Gasteiger partial charge on any atom is 0.433 e. The van der Waals surface area contributed by atoms with Crippen LogP contribution in [0.2, 0.25) is 0 Å². The van der Waals surface area contributed by atoms with Gasteiger partial charge in [-0.3, -0.25) is 14.5 Å². The van der Waals surface area contributed by atoms with Crippen LogP contribution in [0.3, 0.4) is 0 Å². The number of nitrogens with zero attached hydrogens (tertiary/aromatic N) is 5. The van der Waals surface area contributed by atoms with Crippen LogP contribution >= 0.6 is 0 Å². The van der Waals surface area contributed by atoms with Crippen molar-refractivity contribution >= 4 is 23.1 Å². The number of hydrogen-bond donors (Lipinski definition) is 2. The molecule has 13 heteroatoms. The fraction of sp³-hybridized carbons (Fsp3) is 0.394. The number of fused-ring (bicyclic) bond motifs is 1. The van der Waals surface area contributed by atoms with Crippen LogP contribution in [-0.4, -0.2) is 80.7 Å². The molecule has 2 aromatic carbocycles. The van der Waals surface area contributed by atoms with Gasteiger partial charge in [0.05, 0.1) is 31.6 Å². The molecule has 10 nitrogen and oxygen atoms in total. The Kier molecular flexibility index (Phi) is 9.36. The monoisotopic (exact) mass is 638 g/mol. The molecule has 2 atom stereocenters. The number of alkyl halides is 3. The van der Waals surface area contributed by atoms with Crippen molar-refractivity contribution in [1.82, 2.24) is 24.4 Å². The van der Waals surface area contributed by atoms with Gasteiger partial charge in [-0.2, -0.15) is 18.3 Å². The van der Waals surface area contributed by atoms with E-state index in [0.717, 1.165) is 11.8 Å². The van der Waals surface area contributed by atoms with Crippen LogP contribution in [0, 0.1) is 12.8 Å². The van der Waals surface area contributed by atoms with Crippen molar-refractivity contribution < 1.29 is 32.6 Å². The number of ether oxygens (including phenoxy) is 1. The third-order valence-corrected chi connectivity index (χ3v) is 8.38. The minimum atomic E-state index is -4.76. The Morgan fingerprint density at radius 2 is 1.80 bits per heavy atom. The van der Waals surface area contributed by atoms with Gasteiger partial charge in [0, 0.05) is 48.4 Å². The molecular weight excluding hydrogens is 601 g/mol. The number of rotatable bonds is 8. The van der Waals surface area contributed by atoms with Crippen molar-refractivity contribution in [3.8, 4) is 17.0 Å². The first-order valence-corrected chi connectivity index (χ1v) is 15.0. The Morgan fingerprint density at radius 1 is 1.11 bits per heavy atom. The van der Waals surface area contributed by atoms with Crippen LogP contribution in [-0.2, 0) is 11.0 Å². The lowest BCUT2D eigenvalue weighted by molar-refractivity contribution is -0.143. The number of aromatic nitrogens is 3. The Bertz CT molecular complexity index is 1740. The molecule has 1 fully saturated rings. The van der Waals surface area contributed by atoms with Gasteiger partial charge in [-0.15, -0.1) is 0 Å².